The minimum atomic E-state index is -0.567. The molecule has 0 spiro atoms. The van der Waals surface area contributed by atoms with Crippen molar-refractivity contribution in [3.05, 3.63) is 23.8 Å². The Labute approximate surface area is 119 Å². The Kier molecular flexibility index (Phi) is 4.62. The maximum Gasteiger partial charge on any atom is 0.231 e. The van der Waals surface area contributed by atoms with E-state index in [4.69, 9.17) is 4.74 Å². The van der Waals surface area contributed by atoms with Crippen LogP contribution in [0, 0.1) is 0 Å². The number of aliphatic hydroxyl groups is 1. The molecule has 0 saturated carbocycles. The van der Waals surface area contributed by atoms with Gasteiger partial charge in [-0.05, 0) is 12.1 Å². The number of likely N-dealkylation sites (N-methyl/N-ethyl adjacent to an activating group) is 1. The highest BCUT2D eigenvalue weighted by atomic mass is 16.5. The number of benzene rings is 1. The minimum Gasteiger partial charge on any atom is -0.490 e. The van der Waals surface area contributed by atoms with Crippen LogP contribution in [0.1, 0.15) is 19.4 Å². The first-order valence-electron chi connectivity index (χ1n) is 6.91. The maximum atomic E-state index is 11.7. The molecule has 1 heterocycles. The molecule has 1 unspecified atom stereocenters. The topological polar surface area (TPSA) is 61.8 Å². The van der Waals surface area contributed by atoms with Crippen LogP contribution in [-0.2, 0) is 11.2 Å². The summed E-state index contributed by atoms with van der Waals surface area (Å²) in [5.74, 6) is 0.752. The highest BCUT2D eigenvalue weighted by Crippen LogP contribution is 2.34. The lowest BCUT2D eigenvalue weighted by atomic mass is 10.1. The first-order chi connectivity index (χ1) is 9.49. The van der Waals surface area contributed by atoms with Gasteiger partial charge in [0.05, 0.1) is 12.1 Å². The number of fused-ring (bicyclic) bond motifs is 1. The second-order valence-electron chi connectivity index (χ2n) is 5.41. The largest absolute Gasteiger partial charge is 0.490 e. The van der Waals surface area contributed by atoms with Gasteiger partial charge in [0.1, 0.15) is 18.5 Å². The first-order valence-corrected chi connectivity index (χ1v) is 6.91. The number of nitrogens with one attached hydrogen (secondary N) is 1. The van der Waals surface area contributed by atoms with E-state index in [0.29, 0.717) is 24.8 Å². The Bertz CT molecular complexity index is 488. The van der Waals surface area contributed by atoms with Gasteiger partial charge in [0, 0.05) is 25.2 Å². The number of nitrogens with zero attached hydrogens (tertiary/aromatic N) is 1. The summed E-state index contributed by atoms with van der Waals surface area (Å²) in [6.45, 7) is 4.76. The zero-order valence-corrected chi connectivity index (χ0v) is 12.2. The standard InChI is InChI=1S/C15H22N2O3/c1-10(2)16-8-11(18)9-20-14-6-4-5-13-12(14)7-15(19)17(13)3/h4-6,10-11,16,18H,7-9H2,1-3H3. The zero-order valence-electron chi connectivity index (χ0n) is 12.2. The van der Waals surface area contributed by atoms with Gasteiger partial charge in [0.25, 0.3) is 0 Å². The molecule has 0 aliphatic carbocycles. The van der Waals surface area contributed by atoms with E-state index in [0.717, 1.165) is 11.3 Å². The van der Waals surface area contributed by atoms with Crippen molar-refractivity contribution < 1.29 is 14.6 Å². The Hall–Kier alpha value is -1.59. The lowest BCUT2D eigenvalue weighted by Crippen LogP contribution is -2.35. The van der Waals surface area contributed by atoms with Crippen LogP contribution >= 0.6 is 0 Å². The van der Waals surface area contributed by atoms with E-state index in [-0.39, 0.29) is 12.5 Å². The van der Waals surface area contributed by atoms with Crippen LogP contribution in [-0.4, -0.2) is 43.4 Å². The zero-order chi connectivity index (χ0) is 14.7. The summed E-state index contributed by atoms with van der Waals surface area (Å²) in [6, 6.07) is 5.94. The Balaban J connectivity index is 1.96. The highest BCUT2D eigenvalue weighted by Gasteiger charge is 2.27. The van der Waals surface area contributed by atoms with E-state index in [1.54, 1.807) is 11.9 Å². The van der Waals surface area contributed by atoms with Gasteiger partial charge in [0.2, 0.25) is 5.91 Å². The van der Waals surface area contributed by atoms with Crippen molar-refractivity contribution in [2.45, 2.75) is 32.4 Å². The fourth-order valence-electron chi connectivity index (χ4n) is 2.20. The van der Waals surface area contributed by atoms with Gasteiger partial charge in [0.15, 0.2) is 0 Å². The van der Waals surface area contributed by atoms with E-state index < -0.39 is 6.10 Å². The van der Waals surface area contributed by atoms with E-state index in [2.05, 4.69) is 5.32 Å². The molecule has 1 aliphatic heterocycles. The smallest absolute Gasteiger partial charge is 0.231 e. The summed E-state index contributed by atoms with van der Waals surface area (Å²) in [7, 11) is 1.76. The van der Waals surface area contributed by atoms with Gasteiger partial charge in [-0.25, -0.2) is 0 Å². The molecule has 1 aromatic rings. The molecule has 0 saturated heterocycles. The Morgan fingerprint density at radius 3 is 2.90 bits per heavy atom. The maximum absolute atomic E-state index is 11.7. The molecule has 0 bridgehead atoms. The van der Waals surface area contributed by atoms with Crippen molar-refractivity contribution in [1.29, 1.82) is 0 Å². The Morgan fingerprint density at radius 2 is 2.20 bits per heavy atom. The number of amides is 1. The van der Waals surface area contributed by atoms with Crippen molar-refractivity contribution in [3.8, 4) is 5.75 Å². The number of carbonyl (C=O) groups excluding carboxylic acids is 1. The molecule has 110 valence electrons. The lowest BCUT2D eigenvalue weighted by Gasteiger charge is -2.16. The summed E-state index contributed by atoms with van der Waals surface area (Å²) in [5.41, 5.74) is 1.80. The summed E-state index contributed by atoms with van der Waals surface area (Å²) in [6.07, 6.45) is -0.203. The van der Waals surface area contributed by atoms with Crippen molar-refractivity contribution in [2.75, 3.05) is 25.1 Å². The lowest BCUT2D eigenvalue weighted by molar-refractivity contribution is -0.117. The third-order valence-corrected chi connectivity index (χ3v) is 3.36. The van der Waals surface area contributed by atoms with E-state index in [1.165, 1.54) is 0 Å². The van der Waals surface area contributed by atoms with E-state index >= 15 is 0 Å². The summed E-state index contributed by atoms with van der Waals surface area (Å²) >= 11 is 0. The van der Waals surface area contributed by atoms with Gasteiger partial charge >= 0.3 is 0 Å². The summed E-state index contributed by atoms with van der Waals surface area (Å²) in [5, 5.41) is 13.0. The molecule has 1 aliphatic rings. The van der Waals surface area contributed by atoms with Gasteiger partial charge < -0.3 is 20.1 Å². The number of carbonyl (C=O) groups is 1. The molecule has 0 radical (unpaired) electrons. The SMILES string of the molecule is CC(C)NCC(O)COc1cccc2c1CC(=O)N2C. The number of ether oxygens (including phenoxy) is 1. The van der Waals surface area contributed by atoms with Gasteiger partial charge in [-0.15, -0.1) is 0 Å². The van der Waals surface area contributed by atoms with Crippen LogP contribution < -0.4 is 15.0 Å². The number of aliphatic hydroxyl groups excluding tert-OH is 1. The molecular formula is C15H22N2O3. The monoisotopic (exact) mass is 278 g/mol. The average Bonchev–Trinajstić information content (AvgIpc) is 2.70. The van der Waals surface area contributed by atoms with E-state index in [1.807, 2.05) is 32.0 Å². The quantitative estimate of drug-likeness (QED) is 0.813. The first kappa shape index (κ1) is 14.8. The van der Waals surface area contributed by atoms with Crippen LogP contribution in [0.2, 0.25) is 0 Å². The van der Waals surface area contributed by atoms with Crippen LogP contribution in [0.5, 0.6) is 5.75 Å². The molecule has 0 aromatic heterocycles. The number of rotatable bonds is 6. The number of hydrogen-bond acceptors (Lipinski definition) is 4. The van der Waals surface area contributed by atoms with Gasteiger partial charge in [-0.2, -0.15) is 0 Å². The second kappa shape index (κ2) is 6.24. The van der Waals surface area contributed by atoms with Crippen molar-refractivity contribution in [2.24, 2.45) is 0 Å². The molecule has 5 heteroatoms. The molecule has 0 fully saturated rings. The molecule has 2 rings (SSSR count). The highest BCUT2D eigenvalue weighted by molar-refractivity contribution is 6.01. The predicted octanol–water partition coefficient (Wildman–Crippen LogP) is 0.943. The fourth-order valence-corrected chi connectivity index (χ4v) is 2.20. The normalized spacial score (nSPS) is 15.7. The molecule has 5 nitrogen and oxygen atoms in total. The summed E-state index contributed by atoms with van der Waals surface area (Å²) in [4.78, 5) is 13.3. The third-order valence-electron chi connectivity index (χ3n) is 3.36. The van der Waals surface area contributed by atoms with Crippen molar-refractivity contribution >= 4 is 11.6 Å². The average molecular weight is 278 g/mol. The van der Waals surface area contributed by atoms with Crippen molar-refractivity contribution in [3.63, 3.8) is 0 Å². The predicted molar refractivity (Wildman–Crippen MR) is 78.2 cm³/mol. The van der Waals surface area contributed by atoms with Crippen LogP contribution in [0.4, 0.5) is 5.69 Å². The van der Waals surface area contributed by atoms with Crippen molar-refractivity contribution in [1.82, 2.24) is 5.32 Å². The number of anilines is 1. The molecular weight excluding hydrogens is 256 g/mol. The minimum absolute atomic E-state index is 0.0677. The fraction of sp³-hybridized carbons (Fsp3) is 0.533. The molecule has 1 amide bonds. The Morgan fingerprint density at radius 1 is 1.45 bits per heavy atom. The van der Waals surface area contributed by atoms with Gasteiger partial charge in [-0.1, -0.05) is 19.9 Å². The molecule has 1 atom stereocenters. The second-order valence-corrected chi connectivity index (χ2v) is 5.41. The third kappa shape index (κ3) is 3.29. The van der Waals surface area contributed by atoms with Gasteiger partial charge in [-0.3, -0.25) is 4.79 Å². The summed E-state index contributed by atoms with van der Waals surface area (Å²) < 4.78 is 5.67. The van der Waals surface area contributed by atoms with Crippen LogP contribution in [0.25, 0.3) is 0 Å². The number of hydrogen-bond donors (Lipinski definition) is 2. The van der Waals surface area contributed by atoms with Crippen LogP contribution in [0.15, 0.2) is 18.2 Å². The van der Waals surface area contributed by atoms with E-state index in [9.17, 15) is 9.90 Å². The molecule has 2 N–H and O–H groups in total. The molecule has 20 heavy (non-hydrogen) atoms. The molecule has 1 aromatic carbocycles. The van der Waals surface area contributed by atoms with Crippen LogP contribution in [0.3, 0.4) is 0 Å².